The summed E-state index contributed by atoms with van der Waals surface area (Å²) in [6.07, 6.45) is 7.50. The van der Waals surface area contributed by atoms with Gasteiger partial charge in [-0.2, -0.15) is 0 Å². The molecule has 106 valence electrons. The fourth-order valence-electron chi connectivity index (χ4n) is 2.86. The molecule has 0 radical (unpaired) electrons. The van der Waals surface area contributed by atoms with E-state index in [1.165, 1.54) is 43.4 Å². The van der Waals surface area contributed by atoms with Gasteiger partial charge in [-0.3, -0.25) is 0 Å². The minimum absolute atomic E-state index is 0.147. The molecule has 1 atom stereocenters. The second kappa shape index (κ2) is 7.16. The van der Waals surface area contributed by atoms with Crippen molar-refractivity contribution in [2.24, 2.45) is 5.73 Å². The molecule has 0 aromatic heterocycles. The fourth-order valence-corrected chi connectivity index (χ4v) is 3.10. The zero-order valence-corrected chi connectivity index (χ0v) is 12.6. The topological polar surface area (TPSA) is 29.3 Å². The molecule has 3 heteroatoms. The molecule has 1 aliphatic heterocycles. The smallest absolute Gasteiger partial charge is 0.0459 e. The lowest BCUT2D eigenvalue weighted by molar-refractivity contribution is 0.555. The highest BCUT2D eigenvalue weighted by molar-refractivity contribution is 6.31. The Bertz CT molecular complexity index is 396. The maximum Gasteiger partial charge on any atom is 0.0459 e. The molecular formula is C16H25ClN2. The van der Waals surface area contributed by atoms with Gasteiger partial charge in [0.1, 0.15) is 0 Å². The number of halogens is 1. The normalized spacial score (nSPS) is 18.8. The maximum atomic E-state index is 6.38. The van der Waals surface area contributed by atoms with E-state index in [9.17, 15) is 0 Å². The van der Waals surface area contributed by atoms with Gasteiger partial charge >= 0.3 is 0 Å². The summed E-state index contributed by atoms with van der Waals surface area (Å²) in [5, 5.41) is 0.858. The van der Waals surface area contributed by atoms with Crippen LogP contribution in [0.4, 0.5) is 5.69 Å². The molecule has 1 aromatic rings. The molecule has 0 aliphatic carbocycles. The molecular weight excluding hydrogens is 256 g/mol. The van der Waals surface area contributed by atoms with Gasteiger partial charge in [0, 0.05) is 29.8 Å². The third kappa shape index (κ3) is 4.12. The Morgan fingerprint density at radius 2 is 1.79 bits per heavy atom. The van der Waals surface area contributed by atoms with Crippen molar-refractivity contribution in [1.29, 1.82) is 0 Å². The third-order valence-electron chi connectivity index (χ3n) is 3.82. The van der Waals surface area contributed by atoms with Gasteiger partial charge in [-0.15, -0.1) is 0 Å². The van der Waals surface area contributed by atoms with Crippen molar-refractivity contribution in [2.45, 2.75) is 51.5 Å². The number of nitrogens with zero attached hydrogens (tertiary/aromatic N) is 1. The fraction of sp³-hybridized carbons (Fsp3) is 0.625. The number of hydrogen-bond acceptors (Lipinski definition) is 2. The van der Waals surface area contributed by atoms with Crippen molar-refractivity contribution in [3.8, 4) is 0 Å². The third-order valence-corrected chi connectivity index (χ3v) is 4.17. The number of nitrogens with two attached hydrogens (primary N) is 1. The van der Waals surface area contributed by atoms with E-state index >= 15 is 0 Å². The number of benzene rings is 1. The molecule has 2 nitrogen and oxygen atoms in total. The predicted molar refractivity (Wildman–Crippen MR) is 84.1 cm³/mol. The van der Waals surface area contributed by atoms with Crippen molar-refractivity contribution in [3.05, 3.63) is 28.8 Å². The average molecular weight is 281 g/mol. The summed E-state index contributed by atoms with van der Waals surface area (Å²) in [4.78, 5) is 2.50. The van der Waals surface area contributed by atoms with Crippen molar-refractivity contribution >= 4 is 17.3 Å². The van der Waals surface area contributed by atoms with Crippen LogP contribution in [0.15, 0.2) is 18.2 Å². The van der Waals surface area contributed by atoms with E-state index < -0.39 is 0 Å². The van der Waals surface area contributed by atoms with E-state index in [1.807, 2.05) is 13.0 Å². The summed E-state index contributed by atoms with van der Waals surface area (Å²) in [5.41, 5.74) is 8.49. The molecule has 1 aromatic carbocycles. The molecule has 0 bridgehead atoms. The highest BCUT2D eigenvalue weighted by Crippen LogP contribution is 2.30. The lowest BCUT2D eigenvalue weighted by Gasteiger charge is -2.29. The van der Waals surface area contributed by atoms with Gasteiger partial charge in [0.2, 0.25) is 0 Å². The number of hydrogen-bond donors (Lipinski definition) is 1. The lowest BCUT2D eigenvalue weighted by Crippen LogP contribution is -2.29. The zero-order valence-electron chi connectivity index (χ0n) is 11.9. The lowest BCUT2D eigenvalue weighted by atomic mass is 10.0. The van der Waals surface area contributed by atoms with Crippen LogP contribution in [0, 0.1) is 0 Å². The Morgan fingerprint density at radius 3 is 2.42 bits per heavy atom. The standard InChI is InChI=1S/C16H25ClN2/c1-13(18)12-14-15(17)8-7-9-16(14)19-10-5-3-2-4-6-11-19/h7-9,13H,2-6,10-12,18H2,1H3. The van der Waals surface area contributed by atoms with Crippen LogP contribution in [0.2, 0.25) is 5.02 Å². The molecule has 0 amide bonds. The van der Waals surface area contributed by atoms with E-state index in [0.29, 0.717) is 0 Å². The Balaban J connectivity index is 2.23. The van der Waals surface area contributed by atoms with Gasteiger partial charge in [-0.25, -0.2) is 0 Å². The van der Waals surface area contributed by atoms with Gasteiger partial charge in [0.25, 0.3) is 0 Å². The van der Waals surface area contributed by atoms with Crippen LogP contribution < -0.4 is 10.6 Å². The van der Waals surface area contributed by atoms with Crippen molar-refractivity contribution in [3.63, 3.8) is 0 Å². The highest BCUT2D eigenvalue weighted by atomic mass is 35.5. The van der Waals surface area contributed by atoms with Crippen LogP contribution in [-0.4, -0.2) is 19.1 Å². The quantitative estimate of drug-likeness (QED) is 0.907. The van der Waals surface area contributed by atoms with Crippen LogP contribution in [-0.2, 0) is 6.42 Å². The first-order valence-electron chi connectivity index (χ1n) is 7.46. The van der Waals surface area contributed by atoms with E-state index in [1.54, 1.807) is 0 Å². The SMILES string of the molecule is CC(N)Cc1c(Cl)cccc1N1CCCCCCC1. The first-order valence-corrected chi connectivity index (χ1v) is 7.84. The summed E-state index contributed by atoms with van der Waals surface area (Å²) < 4.78 is 0. The van der Waals surface area contributed by atoms with E-state index in [2.05, 4.69) is 17.0 Å². The van der Waals surface area contributed by atoms with Crippen LogP contribution in [0.5, 0.6) is 0 Å². The summed E-state index contributed by atoms with van der Waals surface area (Å²) in [6.45, 7) is 4.33. The molecule has 1 aliphatic rings. The molecule has 2 N–H and O–H groups in total. The molecule has 1 saturated heterocycles. The van der Waals surface area contributed by atoms with Crippen LogP contribution >= 0.6 is 11.6 Å². The van der Waals surface area contributed by atoms with Crippen molar-refractivity contribution in [2.75, 3.05) is 18.0 Å². The van der Waals surface area contributed by atoms with Gasteiger partial charge in [-0.05, 0) is 43.9 Å². The van der Waals surface area contributed by atoms with Crippen LogP contribution in [0.3, 0.4) is 0 Å². The van der Waals surface area contributed by atoms with Gasteiger partial charge in [-0.1, -0.05) is 36.9 Å². The second-order valence-electron chi connectivity index (χ2n) is 5.67. The molecule has 1 heterocycles. The summed E-state index contributed by atoms with van der Waals surface area (Å²) in [5.74, 6) is 0. The van der Waals surface area contributed by atoms with E-state index in [0.717, 1.165) is 24.5 Å². The second-order valence-corrected chi connectivity index (χ2v) is 6.08. The number of rotatable bonds is 3. The summed E-state index contributed by atoms with van der Waals surface area (Å²) >= 11 is 6.38. The predicted octanol–water partition coefficient (Wildman–Crippen LogP) is 4.00. The first-order chi connectivity index (χ1) is 9.18. The van der Waals surface area contributed by atoms with Gasteiger partial charge in [0.15, 0.2) is 0 Å². The van der Waals surface area contributed by atoms with Crippen LogP contribution in [0.1, 0.15) is 44.6 Å². The van der Waals surface area contributed by atoms with Gasteiger partial charge < -0.3 is 10.6 Å². The first kappa shape index (κ1) is 14.7. The Morgan fingerprint density at radius 1 is 1.16 bits per heavy atom. The Hall–Kier alpha value is -0.730. The minimum atomic E-state index is 0.147. The molecule has 0 spiro atoms. The Kier molecular flexibility index (Phi) is 5.53. The average Bonchev–Trinajstić information content (AvgIpc) is 2.31. The highest BCUT2D eigenvalue weighted by Gasteiger charge is 2.15. The Labute approximate surface area is 121 Å². The summed E-state index contributed by atoms with van der Waals surface area (Å²) in [6, 6.07) is 6.38. The van der Waals surface area contributed by atoms with Gasteiger partial charge in [0.05, 0.1) is 0 Å². The molecule has 19 heavy (non-hydrogen) atoms. The molecule has 1 fully saturated rings. The van der Waals surface area contributed by atoms with Crippen molar-refractivity contribution < 1.29 is 0 Å². The van der Waals surface area contributed by atoms with Crippen LogP contribution in [0.25, 0.3) is 0 Å². The van der Waals surface area contributed by atoms with E-state index in [-0.39, 0.29) is 6.04 Å². The van der Waals surface area contributed by atoms with Crippen molar-refractivity contribution in [1.82, 2.24) is 0 Å². The number of anilines is 1. The van der Waals surface area contributed by atoms with E-state index in [4.69, 9.17) is 17.3 Å². The maximum absolute atomic E-state index is 6.38. The minimum Gasteiger partial charge on any atom is -0.371 e. The largest absolute Gasteiger partial charge is 0.371 e. The molecule has 1 unspecified atom stereocenters. The molecule has 2 rings (SSSR count). The molecule has 0 saturated carbocycles. The zero-order chi connectivity index (χ0) is 13.7. The summed E-state index contributed by atoms with van der Waals surface area (Å²) in [7, 11) is 0. The monoisotopic (exact) mass is 280 g/mol.